The first-order valence-electron chi connectivity index (χ1n) is 2.52. The zero-order valence-corrected chi connectivity index (χ0v) is 4.22. The van der Waals surface area contributed by atoms with Crippen LogP contribution in [0.25, 0.3) is 0 Å². The van der Waals surface area contributed by atoms with Crippen molar-refractivity contribution in [2.45, 2.75) is 6.17 Å². The summed E-state index contributed by atoms with van der Waals surface area (Å²) in [6.45, 7) is 2.72. The molecule has 1 aliphatic rings. The number of hydrogen-bond acceptors (Lipinski definition) is 2. The quantitative estimate of drug-likeness (QED) is 0.388. The third kappa shape index (κ3) is 1.43. The highest BCUT2D eigenvalue weighted by molar-refractivity contribution is 4.67. The molecule has 1 heterocycles. The Hall–Kier alpha value is -0.120. The Bertz CT molecular complexity index is 48.9. The lowest BCUT2D eigenvalue weighted by molar-refractivity contribution is 0.420. The summed E-state index contributed by atoms with van der Waals surface area (Å²) in [6, 6.07) is 0. The Kier molecular flexibility index (Phi) is 1.62. The van der Waals surface area contributed by atoms with Gasteiger partial charge < -0.3 is 11.1 Å². The summed E-state index contributed by atoms with van der Waals surface area (Å²) in [5.74, 6) is 0. The van der Waals surface area contributed by atoms with Gasteiger partial charge in [-0.15, -0.1) is 0 Å². The molecule has 0 saturated carbocycles. The summed E-state index contributed by atoms with van der Waals surface area (Å²) in [6.07, 6.45) is 0.0498. The topological polar surface area (TPSA) is 52.1 Å². The fraction of sp³-hybridized carbons (Fsp3) is 1.00. The second kappa shape index (κ2) is 2.26. The molecule has 3 N–H and O–H groups in total. The van der Waals surface area contributed by atoms with Gasteiger partial charge in [0.2, 0.25) is 0 Å². The molecule has 0 aromatic rings. The minimum atomic E-state index is 0.0498. The molecule has 0 aromatic heterocycles. The van der Waals surface area contributed by atoms with Gasteiger partial charge in [0.1, 0.15) is 0 Å². The van der Waals surface area contributed by atoms with Gasteiger partial charge in [-0.2, -0.15) is 0 Å². The van der Waals surface area contributed by atoms with Gasteiger partial charge in [0.15, 0.2) is 0 Å². The van der Waals surface area contributed by atoms with Crippen molar-refractivity contribution in [3.8, 4) is 0 Å². The van der Waals surface area contributed by atoms with E-state index < -0.39 is 0 Å². The average molecular weight is 100 g/mol. The Balaban J connectivity index is 2.12. The van der Waals surface area contributed by atoms with Crippen LogP contribution in [0, 0.1) is 0 Å². The molecule has 0 amide bonds. The monoisotopic (exact) mass is 100 g/mol. The van der Waals surface area contributed by atoms with Crippen LogP contribution in [0.4, 0.5) is 0 Å². The average Bonchev–Trinajstić information content (AvgIpc) is 1.69. The molecular weight excluding hydrogens is 90.1 g/mol. The first-order valence-corrected chi connectivity index (χ1v) is 2.52. The predicted octanol–water partition coefficient (Wildman–Crippen LogP) is -1.52. The van der Waals surface area contributed by atoms with Gasteiger partial charge >= 0.3 is 0 Å². The molecule has 41 valence electrons. The van der Waals surface area contributed by atoms with Crippen molar-refractivity contribution < 1.29 is 0 Å². The van der Waals surface area contributed by atoms with Crippen LogP contribution in [0.5, 0.6) is 0 Å². The van der Waals surface area contributed by atoms with Crippen LogP contribution in [0.1, 0.15) is 0 Å². The number of nitrogens with zero attached hydrogens (tertiary/aromatic N) is 1. The van der Waals surface area contributed by atoms with Gasteiger partial charge in [-0.3, -0.25) is 0 Å². The molecule has 1 unspecified atom stereocenters. The molecule has 0 spiro atoms. The molecule has 7 heavy (non-hydrogen) atoms. The maximum absolute atomic E-state index is 5.41. The third-order valence-corrected chi connectivity index (χ3v) is 1.01. The van der Waals surface area contributed by atoms with Gasteiger partial charge in [0.05, 0.1) is 6.17 Å². The second-order valence-corrected chi connectivity index (χ2v) is 1.68. The van der Waals surface area contributed by atoms with E-state index in [1.165, 1.54) is 0 Å². The van der Waals surface area contributed by atoms with E-state index in [2.05, 4.69) is 10.6 Å². The predicted molar refractivity (Wildman–Crippen MR) is 27.8 cm³/mol. The van der Waals surface area contributed by atoms with Crippen molar-refractivity contribution in [3.63, 3.8) is 0 Å². The normalized spacial score (nSPS) is 33.0. The fourth-order valence-electron chi connectivity index (χ4n) is 0.624. The van der Waals surface area contributed by atoms with Crippen molar-refractivity contribution in [2.75, 3.05) is 19.6 Å². The van der Waals surface area contributed by atoms with Crippen molar-refractivity contribution >= 4 is 0 Å². The van der Waals surface area contributed by atoms with Crippen LogP contribution >= 0.6 is 0 Å². The van der Waals surface area contributed by atoms with E-state index in [9.17, 15) is 0 Å². The Morgan fingerprint density at radius 3 is 2.86 bits per heavy atom. The van der Waals surface area contributed by atoms with E-state index >= 15 is 0 Å². The summed E-state index contributed by atoms with van der Waals surface area (Å²) in [5, 5.41) is 7.16. The summed E-state index contributed by atoms with van der Waals surface area (Å²) < 4.78 is 0. The molecule has 1 aliphatic heterocycles. The van der Waals surface area contributed by atoms with E-state index in [4.69, 9.17) is 5.73 Å². The number of nitrogens with two attached hydrogens (primary N) is 1. The summed E-state index contributed by atoms with van der Waals surface area (Å²) in [4.78, 5) is 0. The first-order chi connectivity index (χ1) is 3.39. The highest BCUT2D eigenvalue weighted by Crippen LogP contribution is 1.76. The Morgan fingerprint density at radius 1 is 1.71 bits per heavy atom. The molecular formula is C4H10N3. The highest BCUT2D eigenvalue weighted by atomic mass is 15.1. The van der Waals surface area contributed by atoms with Crippen molar-refractivity contribution in [3.05, 3.63) is 0 Å². The lowest BCUT2D eigenvalue weighted by Crippen LogP contribution is -2.48. The van der Waals surface area contributed by atoms with E-state index in [1.54, 1.807) is 0 Å². The van der Waals surface area contributed by atoms with Gasteiger partial charge in [-0.25, -0.2) is 5.32 Å². The van der Waals surface area contributed by atoms with Crippen LogP contribution in [-0.2, 0) is 0 Å². The van der Waals surface area contributed by atoms with Crippen molar-refractivity contribution in [2.24, 2.45) is 5.73 Å². The Labute approximate surface area is 43.3 Å². The van der Waals surface area contributed by atoms with Crippen LogP contribution in [0.15, 0.2) is 0 Å². The number of hydrogen-bond donors (Lipinski definition) is 2. The summed E-state index contributed by atoms with van der Waals surface area (Å²) >= 11 is 0. The smallest absolute Gasteiger partial charge is 0.0837 e. The van der Waals surface area contributed by atoms with Crippen molar-refractivity contribution in [1.82, 2.24) is 10.6 Å². The summed E-state index contributed by atoms with van der Waals surface area (Å²) in [5.41, 5.74) is 5.41. The molecule has 1 saturated heterocycles. The van der Waals surface area contributed by atoms with Crippen molar-refractivity contribution in [1.29, 1.82) is 0 Å². The maximum atomic E-state index is 5.41. The highest BCUT2D eigenvalue weighted by Gasteiger charge is 2.05. The van der Waals surface area contributed by atoms with Crippen LogP contribution in [-0.4, -0.2) is 25.8 Å². The van der Waals surface area contributed by atoms with E-state index in [1.807, 2.05) is 0 Å². The fourth-order valence-corrected chi connectivity index (χ4v) is 0.624. The summed E-state index contributed by atoms with van der Waals surface area (Å²) in [7, 11) is 0. The van der Waals surface area contributed by atoms with Gasteiger partial charge in [0, 0.05) is 19.6 Å². The number of nitrogens with one attached hydrogen (secondary N) is 1. The Morgan fingerprint density at radius 2 is 2.57 bits per heavy atom. The van der Waals surface area contributed by atoms with E-state index in [-0.39, 0.29) is 6.17 Å². The lowest BCUT2D eigenvalue weighted by atomic mass is 10.4. The zero-order chi connectivity index (χ0) is 5.11. The first kappa shape index (κ1) is 5.03. The minimum Gasteiger partial charge on any atom is -0.314 e. The number of piperazine rings is 1. The molecule has 3 heteroatoms. The lowest BCUT2D eigenvalue weighted by Gasteiger charge is -2.17. The third-order valence-electron chi connectivity index (χ3n) is 1.01. The largest absolute Gasteiger partial charge is 0.314 e. The van der Waals surface area contributed by atoms with E-state index in [0.29, 0.717) is 0 Å². The molecule has 1 radical (unpaired) electrons. The molecule has 1 rings (SSSR count). The van der Waals surface area contributed by atoms with E-state index in [0.717, 1.165) is 19.6 Å². The molecule has 0 aromatic carbocycles. The molecule has 1 fully saturated rings. The SMILES string of the molecule is NC1CNCC[N]1. The van der Waals surface area contributed by atoms with Gasteiger partial charge in [-0.05, 0) is 0 Å². The van der Waals surface area contributed by atoms with Crippen LogP contribution in [0.2, 0.25) is 0 Å². The molecule has 1 atom stereocenters. The molecule has 0 bridgehead atoms. The van der Waals surface area contributed by atoms with Crippen LogP contribution in [0.3, 0.4) is 0 Å². The maximum Gasteiger partial charge on any atom is 0.0837 e. The van der Waals surface area contributed by atoms with Gasteiger partial charge in [-0.1, -0.05) is 0 Å². The standard InChI is InChI=1S/C4H10N3/c5-4-3-6-1-2-7-4/h4,6H,1-3,5H2. The second-order valence-electron chi connectivity index (χ2n) is 1.68. The molecule has 3 nitrogen and oxygen atoms in total. The zero-order valence-electron chi connectivity index (χ0n) is 4.22. The van der Waals surface area contributed by atoms with Gasteiger partial charge in [0.25, 0.3) is 0 Å². The van der Waals surface area contributed by atoms with Crippen LogP contribution < -0.4 is 16.4 Å². The number of rotatable bonds is 0. The molecule has 0 aliphatic carbocycles. The minimum absolute atomic E-state index is 0.0498.